The fourth-order valence-corrected chi connectivity index (χ4v) is 2.23. The van der Waals surface area contributed by atoms with Gasteiger partial charge in [0.1, 0.15) is 6.35 Å². The van der Waals surface area contributed by atoms with Crippen LogP contribution in [0.15, 0.2) is 11.1 Å². The molecule has 116 valence electrons. The SMILES string of the molecule is CC[C@@H](Cn1cnc2c(=O)[nH]c(N)nc21)OCP(=O)(O)O. The molecule has 0 aliphatic rings. The summed E-state index contributed by atoms with van der Waals surface area (Å²) in [5.74, 6) is -0.0292. The van der Waals surface area contributed by atoms with Crippen LogP contribution in [0, 0.1) is 0 Å². The van der Waals surface area contributed by atoms with Crippen molar-refractivity contribution in [2.45, 2.75) is 26.0 Å². The molecule has 0 spiro atoms. The fraction of sp³-hybridized carbons (Fsp3) is 0.500. The molecule has 0 amide bonds. The van der Waals surface area contributed by atoms with Crippen LogP contribution in [-0.4, -0.2) is 41.8 Å². The largest absolute Gasteiger partial charge is 0.369 e. The smallest absolute Gasteiger partial charge is 0.350 e. The highest BCUT2D eigenvalue weighted by atomic mass is 31.2. The minimum absolute atomic E-state index is 0.0292. The number of H-pyrrole nitrogens is 1. The second-order valence-corrected chi connectivity index (χ2v) is 6.10. The Morgan fingerprint density at radius 1 is 1.57 bits per heavy atom. The number of fused-ring (bicyclic) bond motifs is 1. The van der Waals surface area contributed by atoms with Gasteiger partial charge in [-0.25, -0.2) is 4.98 Å². The third kappa shape index (κ3) is 3.88. The fourth-order valence-electron chi connectivity index (χ4n) is 1.83. The molecule has 0 saturated heterocycles. The number of hydrogen-bond acceptors (Lipinski definition) is 6. The first-order chi connectivity index (χ1) is 9.80. The van der Waals surface area contributed by atoms with Gasteiger partial charge in [0, 0.05) is 0 Å². The molecule has 0 aromatic carbocycles. The van der Waals surface area contributed by atoms with E-state index < -0.39 is 25.6 Å². The van der Waals surface area contributed by atoms with Gasteiger partial charge < -0.3 is 24.8 Å². The van der Waals surface area contributed by atoms with E-state index in [1.807, 2.05) is 6.92 Å². The van der Waals surface area contributed by atoms with Crippen molar-refractivity contribution < 1.29 is 19.1 Å². The van der Waals surface area contributed by atoms with Crippen LogP contribution in [0.3, 0.4) is 0 Å². The van der Waals surface area contributed by atoms with Gasteiger partial charge in [-0.2, -0.15) is 4.98 Å². The molecule has 0 unspecified atom stereocenters. The number of imidazole rings is 1. The number of nitrogens with one attached hydrogen (secondary N) is 1. The van der Waals surface area contributed by atoms with Gasteiger partial charge in [0.15, 0.2) is 11.2 Å². The van der Waals surface area contributed by atoms with E-state index >= 15 is 0 Å². The molecule has 1 atom stereocenters. The summed E-state index contributed by atoms with van der Waals surface area (Å²) in [5, 5.41) is 0. The highest BCUT2D eigenvalue weighted by molar-refractivity contribution is 7.51. The van der Waals surface area contributed by atoms with Crippen LogP contribution in [0.1, 0.15) is 13.3 Å². The lowest BCUT2D eigenvalue weighted by atomic mass is 10.3. The Labute approximate surface area is 119 Å². The summed E-state index contributed by atoms with van der Waals surface area (Å²) >= 11 is 0. The summed E-state index contributed by atoms with van der Waals surface area (Å²) in [4.78, 5) is 39.6. The summed E-state index contributed by atoms with van der Waals surface area (Å²) in [7, 11) is -4.22. The first-order valence-corrected chi connectivity index (χ1v) is 7.96. The molecule has 0 aliphatic heterocycles. The van der Waals surface area contributed by atoms with Crippen molar-refractivity contribution in [3.05, 3.63) is 16.7 Å². The summed E-state index contributed by atoms with van der Waals surface area (Å²) in [6.45, 7) is 2.07. The van der Waals surface area contributed by atoms with Gasteiger partial charge in [-0.15, -0.1) is 0 Å². The lowest BCUT2D eigenvalue weighted by Crippen LogP contribution is -2.20. The van der Waals surface area contributed by atoms with Crippen molar-refractivity contribution >= 4 is 24.7 Å². The summed E-state index contributed by atoms with van der Waals surface area (Å²) in [6, 6.07) is 0. The van der Waals surface area contributed by atoms with E-state index in [-0.39, 0.29) is 18.0 Å². The van der Waals surface area contributed by atoms with E-state index in [0.717, 1.165) is 0 Å². The summed E-state index contributed by atoms with van der Waals surface area (Å²) in [6.07, 6.45) is 0.833. The predicted molar refractivity (Wildman–Crippen MR) is 74.6 cm³/mol. The molecular formula is C10H16N5O5P. The van der Waals surface area contributed by atoms with Crippen molar-refractivity contribution in [1.82, 2.24) is 19.5 Å². The Hall–Kier alpha value is -1.74. The molecule has 21 heavy (non-hydrogen) atoms. The second-order valence-electron chi connectivity index (χ2n) is 4.51. The number of hydrogen-bond donors (Lipinski definition) is 4. The maximum absolute atomic E-state index is 11.6. The Balaban J connectivity index is 2.22. The van der Waals surface area contributed by atoms with E-state index in [2.05, 4.69) is 15.0 Å². The van der Waals surface area contributed by atoms with Gasteiger partial charge >= 0.3 is 7.60 Å². The lowest BCUT2D eigenvalue weighted by Gasteiger charge is -2.17. The normalized spacial score (nSPS) is 13.7. The highest BCUT2D eigenvalue weighted by Gasteiger charge is 2.18. The van der Waals surface area contributed by atoms with E-state index in [1.54, 1.807) is 4.57 Å². The molecule has 0 bridgehead atoms. The molecule has 0 radical (unpaired) electrons. The van der Waals surface area contributed by atoms with Crippen LogP contribution in [0.4, 0.5) is 5.95 Å². The number of nitrogens with zero attached hydrogens (tertiary/aromatic N) is 3. The minimum atomic E-state index is -4.22. The van der Waals surface area contributed by atoms with Crippen LogP contribution in [-0.2, 0) is 15.8 Å². The zero-order valence-corrected chi connectivity index (χ0v) is 12.2. The van der Waals surface area contributed by atoms with Gasteiger partial charge in [0.05, 0.1) is 19.0 Å². The number of anilines is 1. The maximum atomic E-state index is 11.6. The number of aromatic nitrogens is 4. The highest BCUT2D eigenvalue weighted by Crippen LogP contribution is 2.34. The Morgan fingerprint density at radius 3 is 2.90 bits per heavy atom. The number of nitrogens with two attached hydrogens (primary N) is 1. The molecule has 5 N–H and O–H groups in total. The number of nitrogen functional groups attached to an aromatic ring is 1. The molecule has 0 aliphatic carbocycles. The molecule has 2 aromatic heterocycles. The average Bonchev–Trinajstić information content (AvgIpc) is 2.76. The van der Waals surface area contributed by atoms with Crippen LogP contribution in [0.25, 0.3) is 11.2 Å². The molecule has 2 rings (SSSR count). The van der Waals surface area contributed by atoms with Crippen LogP contribution in [0.5, 0.6) is 0 Å². The number of rotatable bonds is 6. The van der Waals surface area contributed by atoms with Crippen molar-refractivity contribution in [2.75, 3.05) is 12.1 Å². The number of aromatic amines is 1. The molecule has 2 aromatic rings. The zero-order chi connectivity index (χ0) is 15.6. The van der Waals surface area contributed by atoms with Crippen LogP contribution < -0.4 is 11.3 Å². The Bertz CT molecular complexity index is 735. The molecule has 10 nitrogen and oxygen atoms in total. The standard InChI is InChI=1S/C10H16N5O5P/c1-2-6(20-5-21(17,18)19)3-15-4-12-7-8(15)13-10(11)14-9(7)16/h4,6H,2-3,5H2,1H3,(H2,17,18,19)(H3,11,13,14,16)/t6-/m0/s1. The van der Waals surface area contributed by atoms with Gasteiger partial charge in [-0.3, -0.25) is 14.3 Å². The lowest BCUT2D eigenvalue weighted by molar-refractivity contribution is 0.0603. The molecule has 0 fully saturated rings. The quantitative estimate of drug-likeness (QED) is 0.526. The maximum Gasteiger partial charge on any atom is 0.350 e. The van der Waals surface area contributed by atoms with Crippen molar-refractivity contribution in [3.8, 4) is 0 Å². The van der Waals surface area contributed by atoms with E-state index in [0.29, 0.717) is 12.1 Å². The topological polar surface area (TPSA) is 156 Å². The van der Waals surface area contributed by atoms with Gasteiger partial charge in [0.2, 0.25) is 5.95 Å². The van der Waals surface area contributed by atoms with Crippen LogP contribution >= 0.6 is 7.60 Å². The first kappa shape index (κ1) is 15.6. The minimum Gasteiger partial charge on any atom is -0.369 e. The van der Waals surface area contributed by atoms with Crippen LogP contribution in [0.2, 0.25) is 0 Å². The second kappa shape index (κ2) is 5.94. The zero-order valence-electron chi connectivity index (χ0n) is 11.3. The predicted octanol–water partition coefficient (Wildman–Crippen LogP) is -0.368. The number of ether oxygens (including phenoxy) is 1. The van der Waals surface area contributed by atoms with Gasteiger partial charge in [-0.05, 0) is 6.42 Å². The first-order valence-electron chi connectivity index (χ1n) is 6.17. The van der Waals surface area contributed by atoms with E-state index in [4.69, 9.17) is 20.3 Å². The van der Waals surface area contributed by atoms with Gasteiger partial charge in [-0.1, -0.05) is 6.92 Å². The third-order valence-electron chi connectivity index (χ3n) is 2.83. The molecular weight excluding hydrogens is 301 g/mol. The van der Waals surface area contributed by atoms with Crippen molar-refractivity contribution in [1.29, 1.82) is 0 Å². The Kier molecular flexibility index (Phi) is 4.43. The van der Waals surface area contributed by atoms with Crippen molar-refractivity contribution in [3.63, 3.8) is 0 Å². The summed E-state index contributed by atoms with van der Waals surface area (Å²) < 4.78 is 17.6. The van der Waals surface area contributed by atoms with E-state index in [9.17, 15) is 9.36 Å². The average molecular weight is 317 g/mol. The third-order valence-corrected chi connectivity index (χ3v) is 3.31. The molecule has 11 heteroatoms. The van der Waals surface area contributed by atoms with Gasteiger partial charge in [0.25, 0.3) is 5.56 Å². The Morgan fingerprint density at radius 2 is 2.29 bits per heavy atom. The van der Waals surface area contributed by atoms with E-state index in [1.165, 1.54) is 6.33 Å². The molecule has 2 heterocycles. The molecule has 0 saturated carbocycles. The summed E-state index contributed by atoms with van der Waals surface area (Å²) in [5.41, 5.74) is 5.49. The van der Waals surface area contributed by atoms with Crippen molar-refractivity contribution in [2.24, 2.45) is 0 Å². The monoisotopic (exact) mass is 317 g/mol.